The summed E-state index contributed by atoms with van der Waals surface area (Å²) < 4.78 is 0. The SMILES string of the molecule is CCCC1CCCCCN1.O=C(O)C(=O)O. The molecular formula is C11H21NO4. The Morgan fingerprint density at radius 3 is 2.31 bits per heavy atom. The minimum absolute atomic E-state index is 0.840. The van der Waals surface area contributed by atoms with Crippen molar-refractivity contribution in [1.82, 2.24) is 5.32 Å². The van der Waals surface area contributed by atoms with Crippen LogP contribution in [0.2, 0.25) is 0 Å². The maximum Gasteiger partial charge on any atom is 0.414 e. The van der Waals surface area contributed by atoms with Gasteiger partial charge in [-0.1, -0.05) is 26.2 Å². The van der Waals surface area contributed by atoms with Crippen LogP contribution in [0.5, 0.6) is 0 Å². The van der Waals surface area contributed by atoms with Gasteiger partial charge >= 0.3 is 11.9 Å². The van der Waals surface area contributed by atoms with Gasteiger partial charge in [0.15, 0.2) is 0 Å². The molecule has 1 fully saturated rings. The average Bonchev–Trinajstić information content (AvgIpc) is 2.48. The molecule has 0 amide bonds. The topological polar surface area (TPSA) is 86.6 Å². The van der Waals surface area contributed by atoms with Crippen molar-refractivity contribution in [2.45, 2.75) is 51.5 Å². The van der Waals surface area contributed by atoms with E-state index in [1.54, 1.807) is 0 Å². The monoisotopic (exact) mass is 231 g/mol. The van der Waals surface area contributed by atoms with E-state index in [0.717, 1.165) is 6.04 Å². The molecule has 1 atom stereocenters. The van der Waals surface area contributed by atoms with Crippen LogP contribution in [0.3, 0.4) is 0 Å². The molecular weight excluding hydrogens is 210 g/mol. The molecule has 16 heavy (non-hydrogen) atoms. The van der Waals surface area contributed by atoms with Crippen LogP contribution in [0.15, 0.2) is 0 Å². The van der Waals surface area contributed by atoms with Crippen molar-refractivity contribution >= 4 is 11.9 Å². The van der Waals surface area contributed by atoms with Gasteiger partial charge in [-0.15, -0.1) is 0 Å². The number of rotatable bonds is 2. The van der Waals surface area contributed by atoms with Crippen molar-refractivity contribution in [3.63, 3.8) is 0 Å². The van der Waals surface area contributed by atoms with Gasteiger partial charge in [0.2, 0.25) is 0 Å². The van der Waals surface area contributed by atoms with Gasteiger partial charge in [0, 0.05) is 6.04 Å². The van der Waals surface area contributed by atoms with E-state index in [-0.39, 0.29) is 0 Å². The molecule has 0 saturated carbocycles. The summed E-state index contributed by atoms with van der Waals surface area (Å²) in [6.07, 6.45) is 8.39. The van der Waals surface area contributed by atoms with Crippen molar-refractivity contribution in [1.29, 1.82) is 0 Å². The quantitative estimate of drug-likeness (QED) is 0.626. The normalized spacial score (nSPS) is 20.2. The lowest BCUT2D eigenvalue weighted by molar-refractivity contribution is -0.159. The van der Waals surface area contributed by atoms with Gasteiger partial charge in [-0.2, -0.15) is 0 Å². The van der Waals surface area contributed by atoms with Gasteiger partial charge in [0.1, 0.15) is 0 Å². The smallest absolute Gasteiger partial charge is 0.414 e. The summed E-state index contributed by atoms with van der Waals surface area (Å²) >= 11 is 0. The molecule has 94 valence electrons. The molecule has 0 aromatic carbocycles. The fourth-order valence-electron chi connectivity index (χ4n) is 1.70. The number of hydrogen-bond donors (Lipinski definition) is 3. The summed E-state index contributed by atoms with van der Waals surface area (Å²) in [6, 6.07) is 0.840. The fourth-order valence-corrected chi connectivity index (χ4v) is 1.70. The second-order valence-electron chi connectivity index (χ2n) is 3.90. The number of aliphatic carboxylic acids is 2. The molecule has 1 aliphatic heterocycles. The van der Waals surface area contributed by atoms with Crippen LogP contribution >= 0.6 is 0 Å². The summed E-state index contributed by atoms with van der Waals surface area (Å²) in [5.74, 6) is -3.65. The van der Waals surface area contributed by atoms with Crippen molar-refractivity contribution in [2.24, 2.45) is 0 Å². The van der Waals surface area contributed by atoms with Crippen LogP contribution in [0, 0.1) is 0 Å². The number of hydrogen-bond acceptors (Lipinski definition) is 3. The van der Waals surface area contributed by atoms with E-state index >= 15 is 0 Å². The Labute approximate surface area is 95.9 Å². The van der Waals surface area contributed by atoms with Gasteiger partial charge in [0.25, 0.3) is 0 Å². The highest BCUT2D eigenvalue weighted by atomic mass is 16.4. The molecule has 1 aliphatic rings. The zero-order chi connectivity index (χ0) is 12.4. The van der Waals surface area contributed by atoms with E-state index in [4.69, 9.17) is 19.8 Å². The van der Waals surface area contributed by atoms with Gasteiger partial charge < -0.3 is 15.5 Å². The van der Waals surface area contributed by atoms with E-state index < -0.39 is 11.9 Å². The molecule has 0 bridgehead atoms. The molecule has 1 saturated heterocycles. The summed E-state index contributed by atoms with van der Waals surface area (Å²) in [7, 11) is 0. The molecule has 0 aromatic rings. The lowest BCUT2D eigenvalue weighted by atomic mass is 10.1. The van der Waals surface area contributed by atoms with Gasteiger partial charge in [-0.05, 0) is 25.8 Å². The molecule has 1 unspecified atom stereocenters. The molecule has 0 aliphatic carbocycles. The predicted octanol–water partition coefficient (Wildman–Crippen LogP) is 1.47. The molecule has 3 N–H and O–H groups in total. The van der Waals surface area contributed by atoms with Gasteiger partial charge in [0.05, 0.1) is 0 Å². The number of carboxylic acids is 2. The Morgan fingerprint density at radius 2 is 1.81 bits per heavy atom. The standard InChI is InChI=1S/C9H19N.C2H2O4/c1-2-6-9-7-4-3-5-8-10-9;3-1(4)2(5)6/h9-10H,2-8H2,1H3;(H,3,4)(H,5,6). The molecule has 5 heteroatoms. The van der Waals surface area contributed by atoms with Crippen LogP contribution in [0.1, 0.15) is 45.4 Å². The van der Waals surface area contributed by atoms with Crippen LogP contribution in [0.4, 0.5) is 0 Å². The molecule has 0 radical (unpaired) electrons. The minimum Gasteiger partial charge on any atom is -0.473 e. The summed E-state index contributed by atoms with van der Waals surface area (Å²) in [6.45, 7) is 3.53. The van der Waals surface area contributed by atoms with Crippen LogP contribution in [-0.2, 0) is 9.59 Å². The molecule has 0 aromatic heterocycles. The highest BCUT2D eigenvalue weighted by Crippen LogP contribution is 2.11. The van der Waals surface area contributed by atoms with Gasteiger partial charge in [-0.3, -0.25) is 0 Å². The van der Waals surface area contributed by atoms with E-state index in [2.05, 4.69) is 12.2 Å². The number of carboxylic acid groups (broad SMARTS) is 2. The lowest BCUT2D eigenvalue weighted by Crippen LogP contribution is -2.27. The Kier molecular flexibility index (Phi) is 8.52. The number of nitrogens with one attached hydrogen (secondary N) is 1. The summed E-state index contributed by atoms with van der Waals surface area (Å²) in [4.78, 5) is 18.2. The molecule has 1 rings (SSSR count). The second kappa shape index (κ2) is 9.15. The van der Waals surface area contributed by atoms with Gasteiger partial charge in [-0.25, -0.2) is 9.59 Å². The Morgan fingerprint density at radius 1 is 1.19 bits per heavy atom. The fraction of sp³-hybridized carbons (Fsp3) is 0.818. The van der Waals surface area contributed by atoms with E-state index in [9.17, 15) is 0 Å². The summed E-state index contributed by atoms with van der Waals surface area (Å²) in [5.41, 5.74) is 0. The maximum absolute atomic E-state index is 9.10. The molecule has 0 spiro atoms. The molecule has 5 nitrogen and oxygen atoms in total. The highest BCUT2D eigenvalue weighted by molar-refractivity contribution is 6.27. The Balaban J connectivity index is 0.000000325. The van der Waals surface area contributed by atoms with Crippen LogP contribution < -0.4 is 5.32 Å². The Bertz CT molecular complexity index is 198. The molecule has 1 heterocycles. The third-order valence-corrected chi connectivity index (χ3v) is 2.48. The van der Waals surface area contributed by atoms with E-state index in [1.165, 1.54) is 45.1 Å². The van der Waals surface area contributed by atoms with E-state index in [0.29, 0.717) is 0 Å². The lowest BCUT2D eigenvalue weighted by Gasteiger charge is -2.13. The zero-order valence-electron chi connectivity index (χ0n) is 9.74. The first-order valence-electron chi connectivity index (χ1n) is 5.77. The maximum atomic E-state index is 9.10. The largest absolute Gasteiger partial charge is 0.473 e. The third kappa shape index (κ3) is 8.23. The summed E-state index contributed by atoms with van der Waals surface area (Å²) in [5, 5.41) is 18.4. The van der Waals surface area contributed by atoms with E-state index in [1.807, 2.05) is 0 Å². The van der Waals surface area contributed by atoms with Crippen LogP contribution in [-0.4, -0.2) is 34.7 Å². The van der Waals surface area contributed by atoms with Crippen molar-refractivity contribution in [3.05, 3.63) is 0 Å². The first-order chi connectivity index (χ1) is 7.57. The Hall–Kier alpha value is -1.10. The number of carbonyl (C=O) groups is 2. The van der Waals surface area contributed by atoms with Crippen LogP contribution in [0.25, 0.3) is 0 Å². The first-order valence-corrected chi connectivity index (χ1v) is 5.77. The predicted molar refractivity (Wildman–Crippen MR) is 60.4 cm³/mol. The first kappa shape index (κ1) is 14.9. The average molecular weight is 231 g/mol. The second-order valence-corrected chi connectivity index (χ2v) is 3.90. The van der Waals surface area contributed by atoms with Crippen molar-refractivity contribution in [3.8, 4) is 0 Å². The van der Waals surface area contributed by atoms with Crippen molar-refractivity contribution in [2.75, 3.05) is 6.54 Å². The minimum atomic E-state index is -1.82. The zero-order valence-corrected chi connectivity index (χ0v) is 9.74. The third-order valence-electron chi connectivity index (χ3n) is 2.48. The highest BCUT2D eigenvalue weighted by Gasteiger charge is 2.08. The van der Waals surface area contributed by atoms with Crippen molar-refractivity contribution < 1.29 is 19.8 Å².